The molecule has 12 heteroatoms. The van der Waals surface area contributed by atoms with E-state index < -0.39 is 0 Å². The Morgan fingerprint density at radius 3 is 2.46 bits per heavy atom. The molecule has 4 heterocycles. The normalized spacial score (nSPS) is 16.8. The fourth-order valence-corrected chi connectivity index (χ4v) is 4.36. The van der Waals surface area contributed by atoms with Crippen molar-refractivity contribution in [2.45, 2.75) is 33.6 Å². The van der Waals surface area contributed by atoms with E-state index in [-0.39, 0.29) is 80.0 Å². The van der Waals surface area contributed by atoms with Crippen LogP contribution in [0.4, 0.5) is 5.82 Å². The van der Waals surface area contributed by atoms with Gasteiger partial charge in [0.05, 0.1) is 11.1 Å². The maximum absolute atomic E-state index is 11.6. The number of ketones is 1. The summed E-state index contributed by atoms with van der Waals surface area (Å²) in [5.41, 5.74) is 16.2. The molecule has 2 fully saturated rings. The van der Waals surface area contributed by atoms with Crippen molar-refractivity contribution in [2.24, 2.45) is 5.41 Å². The van der Waals surface area contributed by atoms with Crippen LogP contribution in [-0.2, 0) is 34.6 Å². The second-order valence-electron chi connectivity index (χ2n) is 8.79. The molecule has 2 aliphatic heterocycles. The zero-order valence-electron chi connectivity index (χ0n) is 23.2. The maximum Gasteiger partial charge on any atom is 2.00 e. The van der Waals surface area contributed by atoms with Crippen molar-refractivity contribution in [3.8, 4) is 11.6 Å². The van der Waals surface area contributed by atoms with Crippen molar-refractivity contribution in [1.82, 2.24) is 24.4 Å². The van der Waals surface area contributed by atoms with Gasteiger partial charge in [-0.3, -0.25) is 9.59 Å². The minimum atomic E-state index is -0.168. The molecule has 207 valence electrons. The van der Waals surface area contributed by atoms with E-state index in [9.17, 15) is 9.59 Å². The average Bonchev–Trinajstić information content (AvgIpc) is 3.45. The Kier molecular flexibility index (Phi) is 15.0. The van der Waals surface area contributed by atoms with Gasteiger partial charge in [0.15, 0.2) is 0 Å². The van der Waals surface area contributed by atoms with Crippen LogP contribution in [0.15, 0.2) is 55.0 Å². The van der Waals surface area contributed by atoms with Gasteiger partial charge in [0.1, 0.15) is 11.5 Å². The number of benzene rings is 1. The number of aromatic nitrogens is 3. The summed E-state index contributed by atoms with van der Waals surface area (Å²) in [5, 5.41) is 4.23. The van der Waals surface area contributed by atoms with Gasteiger partial charge < -0.3 is 38.4 Å². The van der Waals surface area contributed by atoms with E-state index >= 15 is 0 Å². The molecule has 1 radical (unpaired) electrons. The van der Waals surface area contributed by atoms with Gasteiger partial charge in [-0.25, -0.2) is 4.52 Å². The molecular formula is C27H36N7O3UV-. The molecule has 1 unspecified atom stereocenters. The van der Waals surface area contributed by atoms with E-state index in [4.69, 9.17) is 16.2 Å². The van der Waals surface area contributed by atoms with Crippen molar-refractivity contribution in [2.75, 3.05) is 26.7 Å². The van der Waals surface area contributed by atoms with Crippen molar-refractivity contribution in [3.05, 3.63) is 79.5 Å². The molecule has 1 amide bonds. The van der Waals surface area contributed by atoms with E-state index in [1.807, 2.05) is 44.0 Å². The number of nitrogens with one attached hydrogen (secondary N) is 2. The molecule has 2 aliphatic rings. The maximum atomic E-state index is 11.6. The quantitative estimate of drug-likeness (QED) is 0.249. The van der Waals surface area contributed by atoms with Crippen LogP contribution >= 0.6 is 0 Å². The standard InChI is InChI=1S/C15H13N4O2.C9H14N3O.C2H6.CH3.U.V/c1-10(20)7-11-3-2-4-12(8-11)21-15-6-5-14-17-13(16)9-19(14)18-15;1-7(10)12-4-3-9(6-12)5-11(2)8(9)13;1-2;;;/h2-6,8-9,16H,7H2,1H3;10H,1,3-6H2,2H3;1-2H3;1H3;;/q2*-1;;-1;;+2. The molecule has 0 aliphatic carbocycles. The Hall–Kier alpha value is -2.44. The van der Waals surface area contributed by atoms with Crippen molar-refractivity contribution in [1.29, 1.82) is 0 Å². The summed E-state index contributed by atoms with van der Waals surface area (Å²) in [5.74, 6) is 1.85. The molecule has 0 bridgehead atoms. The SMILES string of the molecule is C=C([NH-])N1CCC2(CN(C)C2=O)C1.CC.CC(=O)Cc1cccc(Oc2ccc3nc([NH-])cn3n2)c1.[CH3-].[U].[V+2]. The number of hydrogen-bond acceptors (Lipinski definition) is 6. The molecule has 2 N–H and O–H groups in total. The summed E-state index contributed by atoms with van der Waals surface area (Å²) >= 11 is 0. The number of carbonyl (C=O) groups is 2. The summed E-state index contributed by atoms with van der Waals surface area (Å²) in [6.07, 6.45) is 2.77. The predicted molar refractivity (Wildman–Crippen MR) is 145 cm³/mol. The third kappa shape index (κ3) is 9.04. The van der Waals surface area contributed by atoms with E-state index in [0.29, 0.717) is 36.1 Å². The minimum absolute atomic E-state index is 0. The number of carbonyl (C=O) groups excluding carboxylic acids is 2. The van der Waals surface area contributed by atoms with Crippen LogP contribution in [0.2, 0.25) is 0 Å². The van der Waals surface area contributed by atoms with Gasteiger partial charge in [-0.05, 0) is 56.0 Å². The second-order valence-corrected chi connectivity index (χ2v) is 8.79. The van der Waals surface area contributed by atoms with E-state index in [1.165, 1.54) is 10.7 Å². The van der Waals surface area contributed by atoms with Crippen LogP contribution in [-0.4, -0.2) is 62.8 Å². The summed E-state index contributed by atoms with van der Waals surface area (Å²) in [6, 6.07) is 10.8. The van der Waals surface area contributed by atoms with Gasteiger partial charge in [-0.1, -0.05) is 31.8 Å². The van der Waals surface area contributed by atoms with Gasteiger partial charge in [0.25, 0.3) is 0 Å². The zero-order valence-corrected chi connectivity index (χ0v) is 28.8. The number of likely N-dealkylation sites (tertiary alicyclic amines) is 2. The van der Waals surface area contributed by atoms with Crippen molar-refractivity contribution < 1.29 is 64.0 Å². The Morgan fingerprint density at radius 2 is 1.90 bits per heavy atom. The largest absolute Gasteiger partial charge is 2.00 e. The number of nitrogens with zero attached hydrogens (tertiary/aromatic N) is 5. The summed E-state index contributed by atoms with van der Waals surface area (Å²) in [4.78, 5) is 30.3. The number of β-lactam (4-membered cyclic amide) rings is 1. The molecule has 10 nitrogen and oxygen atoms in total. The van der Waals surface area contributed by atoms with Crippen LogP contribution < -0.4 is 4.74 Å². The number of ether oxygens (including phenoxy) is 1. The number of Topliss-reactive ketones (excluding diaryl/α,β-unsaturated/α-hetero) is 1. The summed E-state index contributed by atoms with van der Waals surface area (Å²) in [6.45, 7) is 11.5. The third-order valence-electron chi connectivity index (χ3n) is 5.95. The first-order valence-corrected chi connectivity index (χ1v) is 11.9. The fraction of sp³-hybridized carbons (Fsp3) is 0.370. The topological polar surface area (TPSA) is 128 Å². The fourth-order valence-electron chi connectivity index (χ4n) is 4.36. The van der Waals surface area contributed by atoms with Crippen molar-refractivity contribution in [3.63, 3.8) is 0 Å². The molecule has 1 spiro atoms. The molecule has 3 aromatic rings. The summed E-state index contributed by atoms with van der Waals surface area (Å²) in [7, 11) is 1.83. The van der Waals surface area contributed by atoms with Crippen LogP contribution in [0.3, 0.4) is 0 Å². The third-order valence-corrected chi connectivity index (χ3v) is 5.95. The Morgan fingerprint density at radius 1 is 1.21 bits per heavy atom. The smallest absolute Gasteiger partial charge is 0.483 e. The molecular weight excluding hydrogens is 759 g/mol. The Bertz CT molecular complexity index is 1270. The second kappa shape index (κ2) is 16.0. The van der Waals surface area contributed by atoms with E-state index in [1.54, 1.807) is 30.0 Å². The molecule has 39 heavy (non-hydrogen) atoms. The number of hydrogen-bond donors (Lipinski definition) is 0. The molecule has 5 rings (SSSR count). The first-order chi connectivity index (χ1) is 17.1. The van der Waals surface area contributed by atoms with Gasteiger partial charge >= 0.3 is 18.6 Å². The van der Waals surface area contributed by atoms with Crippen molar-refractivity contribution >= 4 is 23.2 Å². The van der Waals surface area contributed by atoms with E-state index in [0.717, 1.165) is 25.1 Å². The number of rotatable bonds is 5. The van der Waals surface area contributed by atoms with Crippen LogP contribution in [0.1, 0.15) is 32.8 Å². The van der Waals surface area contributed by atoms with Gasteiger partial charge in [0.2, 0.25) is 11.8 Å². The Labute approximate surface area is 266 Å². The van der Waals surface area contributed by atoms with E-state index in [2.05, 4.69) is 16.7 Å². The first-order valence-electron chi connectivity index (χ1n) is 11.9. The average molecular weight is 796 g/mol. The molecule has 2 saturated heterocycles. The number of amides is 1. The number of fused-ring (bicyclic) bond motifs is 1. The minimum Gasteiger partial charge on any atom is -0.483 e. The van der Waals surface area contributed by atoms with Crippen LogP contribution in [0.5, 0.6) is 11.6 Å². The van der Waals surface area contributed by atoms with Gasteiger partial charge in [0, 0.05) is 63.4 Å². The van der Waals surface area contributed by atoms with Crippen LogP contribution in [0.25, 0.3) is 17.1 Å². The molecule has 2 aromatic heterocycles. The zero-order chi connectivity index (χ0) is 26.5. The monoisotopic (exact) mass is 795 g/mol. The Balaban J connectivity index is 0.000000700. The number of imidazole rings is 1. The molecule has 0 saturated carbocycles. The first kappa shape index (κ1) is 36.6. The van der Waals surface area contributed by atoms with Gasteiger partial charge in [-0.2, -0.15) is 0 Å². The van der Waals surface area contributed by atoms with Gasteiger partial charge in [-0.15, -0.1) is 11.7 Å². The van der Waals surface area contributed by atoms with Crippen LogP contribution in [0, 0.1) is 44.0 Å². The predicted octanol–water partition coefficient (Wildman–Crippen LogP) is 5.48. The summed E-state index contributed by atoms with van der Waals surface area (Å²) < 4.78 is 7.18. The molecule has 1 aromatic carbocycles. The molecule has 1 atom stereocenters.